The summed E-state index contributed by atoms with van der Waals surface area (Å²) in [4.78, 5) is 19.1. The number of pyridine rings is 1. The predicted molar refractivity (Wildman–Crippen MR) is 76.7 cm³/mol. The summed E-state index contributed by atoms with van der Waals surface area (Å²) in [5, 5.41) is 10.2. The third-order valence-corrected chi connectivity index (χ3v) is 4.32. The van der Waals surface area contributed by atoms with Crippen molar-refractivity contribution in [2.24, 2.45) is 0 Å². The minimum atomic E-state index is -4.49. The zero-order valence-corrected chi connectivity index (χ0v) is 12.3. The highest BCUT2D eigenvalue weighted by Crippen LogP contribution is 2.40. The minimum Gasteiger partial charge on any atom is -0.388 e. The number of carbonyl (C=O) groups excluding carboxylic acids is 1. The molecular formula is C15H16F3N3O2. The number of amides is 1. The number of piperazine rings is 1. The topological polar surface area (TPSA) is 56.7 Å². The number of nitrogens with zero attached hydrogens (tertiary/aromatic N) is 3. The van der Waals surface area contributed by atoms with Gasteiger partial charge >= 0.3 is 6.18 Å². The molecule has 0 spiro atoms. The van der Waals surface area contributed by atoms with Crippen LogP contribution in [0.2, 0.25) is 0 Å². The molecule has 0 bridgehead atoms. The third kappa shape index (κ3) is 2.78. The van der Waals surface area contributed by atoms with Crippen LogP contribution in [0.15, 0.2) is 24.9 Å². The van der Waals surface area contributed by atoms with Crippen molar-refractivity contribution < 1.29 is 23.1 Å². The van der Waals surface area contributed by atoms with Gasteiger partial charge in [-0.15, -0.1) is 0 Å². The molecule has 2 aliphatic rings. The fourth-order valence-corrected chi connectivity index (χ4v) is 3.16. The van der Waals surface area contributed by atoms with E-state index < -0.39 is 17.8 Å². The molecule has 0 aliphatic carbocycles. The van der Waals surface area contributed by atoms with Gasteiger partial charge in [0.1, 0.15) is 5.82 Å². The van der Waals surface area contributed by atoms with Crippen molar-refractivity contribution in [3.8, 4) is 0 Å². The van der Waals surface area contributed by atoms with E-state index in [-0.39, 0.29) is 23.9 Å². The van der Waals surface area contributed by atoms with E-state index in [1.165, 1.54) is 6.08 Å². The van der Waals surface area contributed by atoms with Crippen molar-refractivity contribution in [3.05, 3.63) is 36.0 Å². The maximum absolute atomic E-state index is 12.8. The van der Waals surface area contributed by atoms with Crippen LogP contribution >= 0.6 is 0 Å². The summed E-state index contributed by atoms with van der Waals surface area (Å²) in [5.41, 5.74) is -0.672. The van der Waals surface area contributed by atoms with Crippen molar-refractivity contribution in [1.29, 1.82) is 0 Å². The molecule has 3 rings (SSSR count). The van der Waals surface area contributed by atoms with E-state index in [1.807, 2.05) is 4.90 Å². The van der Waals surface area contributed by atoms with Crippen LogP contribution in [0, 0.1) is 0 Å². The molecule has 5 nitrogen and oxygen atoms in total. The van der Waals surface area contributed by atoms with Gasteiger partial charge in [0.15, 0.2) is 0 Å². The van der Waals surface area contributed by atoms with Gasteiger partial charge in [0, 0.05) is 31.4 Å². The lowest BCUT2D eigenvalue weighted by Gasteiger charge is -2.46. The van der Waals surface area contributed by atoms with Crippen LogP contribution in [0.4, 0.5) is 19.0 Å². The van der Waals surface area contributed by atoms with Crippen molar-refractivity contribution in [1.82, 2.24) is 9.88 Å². The van der Waals surface area contributed by atoms with E-state index in [4.69, 9.17) is 0 Å². The van der Waals surface area contributed by atoms with Crippen LogP contribution in [0.3, 0.4) is 0 Å². The molecule has 1 aromatic rings. The summed E-state index contributed by atoms with van der Waals surface area (Å²) in [6, 6.07) is 0.796. The first-order valence-corrected chi connectivity index (χ1v) is 7.24. The van der Waals surface area contributed by atoms with Crippen LogP contribution < -0.4 is 4.90 Å². The van der Waals surface area contributed by atoms with E-state index in [0.29, 0.717) is 25.5 Å². The fraction of sp³-hybridized carbons (Fsp3) is 0.467. The maximum Gasteiger partial charge on any atom is 0.417 e. The van der Waals surface area contributed by atoms with Crippen LogP contribution in [-0.4, -0.2) is 46.6 Å². The van der Waals surface area contributed by atoms with E-state index in [0.717, 1.165) is 12.3 Å². The molecule has 3 heterocycles. The first-order valence-electron chi connectivity index (χ1n) is 7.24. The van der Waals surface area contributed by atoms with Gasteiger partial charge < -0.3 is 14.9 Å². The van der Waals surface area contributed by atoms with Crippen LogP contribution in [0.25, 0.3) is 0 Å². The molecule has 0 saturated carbocycles. The molecule has 0 radical (unpaired) electrons. The number of carbonyl (C=O) groups is 1. The van der Waals surface area contributed by atoms with Gasteiger partial charge in [-0.25, -0.2) is 4.98 Å². The number of alkyl halides is 3. The highest BCUT2D eigenvalue weighted by atomic mass is 19.4. The van der Waals surface area contributed by atoms with Gasteiger partial charge in [0.2, 0.25) is 5.91 Å². The molecule has 1 amide bonds. The average Bonchev–Trinajstić information content (AvgIpc) is 2.52. The van der Waals surface area contributed by atoms with Crippen molar-refractivity contribution >= 4 is 11.7 Å². The summed E-state index contributed by atoms with van der Waals surface area (Å²) < 4.78 is 38.4. The lowest BCUT2D eigenvalue weighted by molar-refractivity contribution is -0.138. The Labute approximate surface area is 131 Å². The van der Waals surface area contributed by atoms with Crippen molar-refractivity contribution in [2.75, 3.05) is 24.5 Å². The standard InChI is InChI=1S/C15H16F3N3O2/c1-2-13(23)20-3-4-21-10(8-20)6-12(22)11-5-9(15(16,17)18)7-19-14(11)21/h2,5,7,10,12,22H,1,3-4,6,8H2. The number of hydrogen-bond acceptors (Lipinski definition) is 4. The summed E-state index contributed by atoms with van der Waals surface area (Å²) in [5.74, 6) is 0.178. The quantitative estimate of drug-likeness (QED) is 0.799. The van der Waals surface area contributed by atoms with Crippen LogP contribution in [0.1, 0.15) is 23.7 Å². The molecule has 1 saturated heterocycles. The molecule has 23 heavy (non-hydrogen) atoms. The molecule has 1 fully saturated rings. The Morgan fingerprint density at radius 1 is 1.43 bits per heavy atom. The molecular weight excluding hydrogens is 311 g/mol. The Balaban J connectivity index is 1.90. The molecule has 8 heteroatoms. The Hall–Kier alpha value is -2.09. The minimum absolute atomic E-state index is 0.167. The zero-order valence-electron chi connectivity index (χ0n) is 12.3. The van der Waals surface area contributed by atoms with Gasteiger partial charge in [-0.05, 0) is 18.6 Å². The number of rotatable bonds is 1. The normalized spacial score (nSPS) is 24.0. The Bertz CT molecular complexity index is 647. The predicted octanol–water partition coefficient (Wildman–Crippen LogP) is 1.74. The van der Waals surface area contributed by atoms with Crippen LogP contribution in [-0.2, 0) is 11.0 Å². The number of aliphatic hydroxyl groups excluding tert-OH is 1. The first-order chi connectivity index (χ1) is 10.8. The summed E-state index contributed by atoms with van der Waals surface area (Å²) in [7, 11) is 0. The smallest absolute Gasteiger partial charge is 0.388 e. The maximum atomic E-state index is 12.8. The zero-order chi connectivity index (χ0) is 16.8. The summed E-state index contributed by atoms with van der Waals surface area (Å²) in [6.07, 6.45) is -3.24. The SMILES string of the molecule is C=CC(=O)N1CCN2c3ncc(C(F)(F)F)cc3C(O)CC2C1. The summed E-state index contributed by atoms with van der Waals surface area (Å²) >= 11 is 0. The van der Waals surface area contributed by atoms with Crippen molar-refractivity contribution in [3.63, 3.8) is 0 Å². The number of hydrogen-bond donors (Lipinski definition) is 1. The van der Waals surface area contributed by atoms with E-state index >= 15 is 0 Å². The lowest BCUT2D eigenvalue weighted by Crippen LogP contribution is -2.57. The molecule has 2 unspecified atom stereocenters. The monoisotopic (exact) mass is 327 g/mol. The number of fused-ring (bicyclic) bond motifs is 3. The molecule has 124 valence electrons. The van der Waals surface area contributed by atoms with E-state index in [9.17, 15) is 23.1 Å². The highest BCUT2D eigenvalue weighted by Gasteiger charge is 2.39. The van der Waals surface area contributed by atoms with Gasteiger partial charge in [-0.2, -0.15) is 13.2 Å². The number of aromatic nitrogens is 1. The highest BCUT2D eigenvalue weighted by molar-refractivity contribution is 5.87. The van der Waals surface area contributed by atoms with Gasteiger partial charge in [-0.1, -0.05) is 6.58 Å². The Kier molecular flexibility index (Phi) is 3.79. The van der Waals surface area contributed by atoms with E-state index in [1.54, 1.807) is 4.90 Å². The van der Waals surface area contributed by atoms with Gasteiger partial charge in [0.05, 0.1) is 17.7 Å². The number of aliphatic hydroxyl groups is 1. The van der Waals surface area contributed by atoms with E-state index in [2.05, 4.69) is 11.6 Å². The Morgan fingerprint density at radius 3 is 2.83 bits per heavy atom. The average molecular weight is 327 g/mol. The van der Waals surface area contributed by atoms with Gasteiger partial charge in [0.25, 0.3) is 0 Å². The third-order valence-electron chi connectivity index (χ3n) is 4.32. The van der Waals surface area contributed by atoms with Crippen molar-refractivity contribution in [2.45, 2.75) is 24.7 Å². The largest absolute Gasteiger partial charge is 0.417 e. The molecule has 1 aromatic heterocycles. The molecule has 1 N–H and O–H groups in total. The molecule has 0 aromatic carbocycles. The Morgan fingerprint density at radius 2 is 2.17 bits per heavy atom. The lowest BCUT2D eigenvalue weighted by atomic mass is 9.93. The first kappa shape index (κ1) is 15.8. The number of anilines is 1. The summed E-state index contributed by atoms with van der Waals surface area (Å²) in [6.45, 7) is 4.75. The van der Waals surface area contributed by atoms with Crippen LogP contribution in [0.5, 0.6) is 0 Å². The molecule has 2 aliphatic heterocycles. The van der Waals surface area contributed by atoms with Gasteiger partial charge in [-0.3, -0.25) is 4.79 Å². The number of halogens is 3. The molecule has 2 atom stereocenters. The fourth-order valence-electron chi connectivity index (χ4n) is 3.16. The second-order valence-corrected chi connectivity index (χ2v) is 5.72. The second-order valence-electron chi connectivity index (χ2n) is 5.72. The second kappa shape index (κ2) is 5.52.